The SMILES string of the molecule is Cc1cc2nc(C(=O)c3nc4cc(C)c([N+](=O)[O-])cc4[nH]3)[nH]c2cc1[N+](=O)[O-]. The van der Waals surface area contributed by atoms with Crippen LogP contribution in [0.25, 0.3) is 22.1 Å². The summed E-state index contributed by atoms with van der Waals surface area (Å²) < 4.78 is 0. The van der Waals surface area contributed by atoms with Gasteiger partial charge in [-0.05, 0) is 26.0 Å². The van der Waals surface area contributed by atoms with Gasteiger partial charge in [-0.1, -0.05) is 0 Å². The van der Waals surface area contributed by atoms with Gasteiger partial charge in [0.25, 0.3) is 17.2 Å². The molecule has 0 aliphatic rings. The first-order chi connectivity index (χ1) is 13.2. The largest absolute Gasteiger partial charge is 0.335 e. The smallest absolute Gasteiger partial charge is 0.274 e. The molecule has 0 unspecified atom stereocenters. The average Bonchev–Trinajstić information content (AvgIpc) is 3.22. The molecule has 0 amide bonds. The summed E-state index contributed by atoms with van der Waals surface area (Å²) >= 11 is 0. The number of aryl methyl sites for hydroxylation is 2. The second kappa shape index (κ2) is 5.94. The van der Waals surface area contributed by atoms with E-state index < -0.39 is 15.6 Å². The van der Waals surface area contributed by atoms with E-state index in [-0.39, 0.29) is 23.0 Å². The Morgan fingerprint density at radius 3 is 1.57 bits per heavy atom. The number of hydrogen-bond donors (Lipinski definition) is 2. The van der Waals surface area contributed by atoms with Crippen molar-refractivity contribution in [3.8, 4) is 0 Å². The van der Waals surface area contributed by atoms with Crippen LogP contribution in [-0.2, 0) is 0 Å². The molecule has 0 spiro atoms. The van der Waals surface area contributed by atoms with E-state index in [0.29, 0.717) is 33.2 Å². The van der Waals surface area contributed by atoms with E-state index in [1.165, 1.54) is 24.3 Å². The van der Waals surface area contributed by atoms with Crippen molar-refractivity contribution >= 4 is 39.2 Å². The Morgan fingerprint density at radius 2 is 1.21 bits per heavy atom. The highest BCUT2D eigenvalue weighted by molar-refractivity contribution is 6.07. The Balaban J connectivity index is 1.78. The van der Waals surface area contributed by atoms with Crippen molar-refractivity contribution in [2.24, 2.45) is 0 Å². The fourth-order valence-electron chi connectivity index (χ4n) is 3.02. The van der Waals surface area contributed by atoms with Crippen LogP contribution in [0.5, 0.6) is 0 Å². The molecule has 0 saturated carbocycles. The quantitative estimate of drug-likeness (QED) is 0.312. The zero-order valence-corrected chi connectivity index (χ0v) is 14.6. The van der Waals surface area contributed by atoms with Crippen molar-refractivity contribution in [1.29, 1.82) is 0 Å². The Labute approximate surface area is 155 Å². The molecule has 11 heteroatoms. The molecule has 28 heavy (non-hydrogen) atoms. The van der Waals surface area contributed by atoms with Crippen molar-refractivity contribution in [1.82, 2.24) is 19.9 Å². The number of ketones is 1. The number of nitro benzene ring substituents is 2. The second-order valence-corrected chi connectivity index (χ2v) is 6.33. The molecule has 4 aromatic rings. The summed E-state index contributed by atoms with van der Waals surface area (Å²) in [6, 6.07) is 5.68. The average molecular weight is 380 g/mol. The third-order valence-electron chi connectivity index (χ3n) is 4.42. The highest BCUT2D eigenvalue weighted by atomic mass is 16.6. The number of nitrogens with one attached hydrogen (secondary N) is 2. The van der Waals surface area contributed by atoms with Gasteiger partial charge in [-0.25, -0.2) is 9.97 Å². The van der Waals surface area contributed by atoms with Gasteiger partial charge < -0.3 is 9.97 Å². The molecule has 4 rings (SSSR count). The van der Waals surface area contributed by atoms with Gasteiger partial charge in [0.1, 0.15) is 0 Å². The Hall–Kier alpha value is -4.15. The predicted molar refractivity (Wildman–Crippen MR) is 98.4 cm³/mol. The Kier molecular flexibility index (Phi) is 3.67. The van der Waals surface area contributed by atoms with E-state index in [9.17, 15) is 25.0 Å². The van der Waals surface area contributed by atoms with Crippen LogP contribution in [0.1, 0.15) is 27.6 Å². The summed E-state index contributed by atoms with van der Waals surface area (Å²) in [5, 5.41) is 22.1. The van der Waals surface area contributed by atoms with Gasteiger partial charge in [-0.3, -0.25) is 25.0 Å². The number of imidazole rings is 2. The maximum Gasteiger partial charge on any atom is 0.274 e. The standard InChI is InChI=1S/C17H12N6O5/c1-7-3-9-11(5-13(7)22(25)26)20-16(18-9)15(24)17-19-10-4-8(2)14(23(27)28)6-12(10)21-17/h3-6H,1-2H3,(H,18,20)(H,19,21). The summed E-state index contributed by atoms with van der Waals surface area (Å²) in [6.07, 6.45) is 0. The van der Waals surface area contributed by atoms with Crippen LogP contribution in [-0.4, -0.2) is 35.6 Å². The van der Waals surface area contributed by atoms with Crippen molar-refractivity contribution in [2.75, 3.05) is 0 Å². The first-order valence-corrected chi connectivity index (χ1v) is 8.09. The third kappa shape index (κ3) is 2.65. The Bertz CT molecular complexity index is 1220. The maximum absolute atomic E-state index is 12.7. The molecule has 0 aliphatic heterocycles. The molecule has 0 atom stereocenters. The first-order valence-electron chi connectivity index (χ1n) is 8.09. The van der Waals surface area contributed by atoms with Gasteiger partial charge in [0.05, 0.1) is 31.9 Å². The number of carbonyl (C=O) groups excluding carboxylic acids is 1. The first kappa shape index (κ1) is 17.3. The van der Waals surface area contributed by atoms with Crippen LogP contribution < -0.4 is 0 Å². The number of aromatic amines is 2. The zero-order chi connectivity index (χ0) is 20.2. The van der Waals surface area contributed by atoms with E-state index in [0.717, 1.165) is 0 Å². The van der Waals surface area contributed by atoms with Crippen molar-refractivity contribution in [3.05, 3.63) is 67.3 Å². The molecule has 2 heterocycles. The number of rotatable bonds is 4. The summed E-state index contributed by atoms with van der Waals surface area (Å²) in [4.78, 5) is 47.8. The van der Waals surface area contributed by atoms with E-state index in [4.69, 9.17) is 0 Å². The molecule has 0 aliphatic carbocycles. The zero-order valence-electron chi connectivity index (χ0n) is 14.6. The molecule has 2 aromatic heterocycles. The lowest BCUT2D eigenvalue weighted by Crippen LogP contribution is -2.05. The fraction of sp³-hybridized carbons (Fsp3) is 0.118. The van der Waals surface area contributed by atoms with E-state index in [1.54, 1.807) is 13.8 Å². The van der Waals surface area contributed by atoms with Gasteiger partial charge >= 0.3 is 0 Å². The van der Waals surface area contributed by atoms with Gasteiger partial charge in [0.2, 0.25) is 0 Å². The highest BCUT2D eigenvalue weighted by Crippen LogP contribution is 2.26. The number of carbonyl (C=O) groups is 1. The number of fused-ring (bicyclic) bond motifs is 2. The van der Waals surface area contributed by atoms with Crippen LogP contribution in [0.2, 0.25) is 0 Å². The lowest BCUT2D eigenvalue weighted by atomic mass is 10.2. The minimum Gasteiger partial charge on any atom is -0.335 e. The lowest BCUT2D eigenvalue weighted by molar-refractivity contribution is -0.385. The third-order valence-corrected chi connectivity index (χ3v) is 4.42. The normalized spacial score (nSPS) is 11.2. The number of aromatic nitrogens is 4. The van der Waals surface area contributed by atoms with Crippen molar-refractivity contribution < 1.29 is 14.6 Å². The molecule has 2 aromatic carbocycles. The van der Waals surface area contributed by atoms with E-state index in [2.05, 4.69) is 19.9 Å². The maximum atomic E-state index is 12.7. The topological polar surface area (TPSA) is 161 Å². The summed E-state index contributed by atoms with van der Waals surface area (Å²) in [6.45, 7) is 3.17. The molecule has 11 nitrogen and oxygen atoms in total. The molecule has 0 fully saturated rings. The second-order valence-electron chi connectivity index (χ2n) is 6.33. The number of H-pyrrole nitrogens is 2. The number of nitrogens with zero attached hydrogens (tertiary/aromatic N) is 4. The predicted octanol–water partition coefficient (Wildman–Crippen LogP) is 3.10. The summed E-state index contributed by atoms with van der Waals surface area (Å²) in [7, 11) is 0. The summed E-state index contributed by atoms with van der Waals surface area (Å²) in [5.74, 6) is -0.645. The molecule has 0 saturated heterocycles. The lowest BCUT2D eigenvalue weighted by Gasteiger charge is -1.95. The monoisotopic (exact) mass is 380 g/mol. The van der Waals surface area contributed by atoms with E-state index in [1.807, 2.05) is 0 Å². The van der Waals surface area contributed by atoms with Crippen LogP contribution in [0, 0.1) is 34.1 Å². The molecule has 140 valence electrons. The van der Waals surface area contributed by atoms with Crippen LogP contribution in [0.15, 0.2) is 24.3 Å². The molecule has 2 N–H and O–H groups in total. The molecular weight excluding hydrogens is 368 g/mol. The van der Waals surface area contributed by atoms with Gasteiger partial charge in [-0.2, -0.15) is 0 Å². The van der Waals surface area contributed by atoms with Crippen LogP contribution in [0.4, 0.5) is 11.4 Å². The number of benzene rings is 2. The van der Waals surface area contributed by atoms with Gasteiger partial charge in [0.15, 0.2) is 11.6 Å². The summed E-state index contributed by atoms with van der Waals surface area (Å²) in [5.41, 5.74) is 2.21. The molecule has 0 radical (unpaired) electrons. The molecular formula is C17H12N6O5. The van der Waals surface area contributed by atoms with E-state index >= 15 is 0 Å². The van der Waals surface area contributed by atoms with Gasteiger partial charge in [0, 0.05) is 23.3 Å². The van der Waals surface area contributed by atoms with Crippen LogP contribution in [0.3, 0.4) is 0 Å². The van der Waals surface area contributed by atoms with Crippen molar-refractivity contribution in [2.45, 2.75) is 13.8 Å². The minimum absolute atomic E-state index is 0.0415. The highest BCUT2D eigenvalue weighted by Gasteiger charge is 2.22. The van der Waals surface area contributed by atoms with Gasteiger partial charge in [-0.15, -0.1) is 0 Å². The van der Waals surface area contributed by atoms with Crippen molar-refractivity contribution in [3.63, 3.8) is 0 Å². The number of nitro groups is 2. The Morgan fingerprint density at radius 1 is 0.821 bits per heavy atom. The minimum atomic E-state index is -0.562. The number of hydrogen-bond acceptors (Lipinski definition) is 7. The van der Waals surface area contributed by atoms with Crippen LogP contribution >= 0.6 is 0 Å². The fourth-order valence-corrected chi connectivity index (χ4v) is 3.02. The molecule has 0 bridgehead atoms.